The lowest BCUT2D eigenvalue weighted by Gasteiger charge is -2.62. The Labute approximate surface area is 205 Å². The monoisotopic (exact) mass is 480 g/mol. The van der Waals surface area contributed by atoms with Gasteiger partial charge >= 0.3 is 11.9 Å². The molecule has 9 heteroatoms. The number of carbonyl (C=O) groups is 3. The minimum Gasteiger partial charge on any atom is -0.468 e. The SMILES string of the molecule is COC(=O)C12CN(C(C)(C)C)CC(C(=O)OC)(C1=O)C(c1ccccn1)N(C)C2c1ccccn1. The predicted octanol–water partition coefficient (Wildman–Crippen LogP) is 2.21. The van der Waals surface area contributed by atoms with Gasteiger partial charge in [-0.25, -0.2) is 0 Å². The van der Waals surface area contributed by atoms with Gasteiger partial charge in [0.25, 0.3) is 0 Å². The maximum atomic E-state index is 14.7. The molecule has 4 unspecified atom stereocenters. The minimum absolute atomic E-state index is 0.0707. The lowest BCUT2D eigenvalue weighted by atomic mass is 9.54. The van der Waals surface area contributed by atoms with Gasteiger partial charge in [0.1, 0.15) is 0 Å². The predicted molar refractivity (Wildman–Crippen MR) is 127 cm³/mol. The molecule has 0 spiro atoms. The van der Waals surface area contributed by atoms with E-state index in [-0.39, 0.29) is 13.1 Å². The molecule has 2 aromatic heterocycles. The summed E-state index contributed by atoms with van der Waals surface area (Å²) >= 11 is 0. The van der Waals surface area contributed by atoms with Crippen molar-refractivity contribution in [1.82, 2.24) is 19.8 Å². The van der Waals surface area contributed by atoms with Gasteiger partial charge in [0.05, 0.1) is 37.7 Å². The maximum Gasteiger partial charge on any atom is 0.322 e. The summed E-state index contributed by atoms with van der Waals surface area (Å²) in [6.45, 7) is 6.11. The Morgan fingerprint density at radius 3 is 1.63 bits per heavy atom. The summed E-state index contributed by atoms with van der Waals surface area (Å²) < 4.78 is 10.6. The average molecular weight is 481 g/mol. The smallest absolute Gasteiger partial charge is 0.322 e. The van der Waals surface area contributed by atoms with Gasteiger partial charge in [-0.05, 0) is 52.1 Å². The van der Waals surface area contributed by atoms with E-state index >= 15 is 0 Å². The third-order valence-electron chi connectivity index (χ3n) is 7.42. The van der Waals surface area contributed by atoms with Gasteiger partial charge in [0, 0.05) is 31.0 Å². The molecule has 186 valence electrons. The van der Waals surface area contributed by atoms with Gasteiger partial charge < -0.3 is 9.47 Å². The molecule has 2 aliphatic rings. The van der Waals surface area contributed by atoms with Crippen LogP contribution in [0.15, 0.2) is 48.8 Å². The summed E-state index contributed by atoms with van der Waals surface area (Å²) in [6.07, 6.45) is 3.25. The number of likely N-dealkylation sites (tertiary alicyclic amines) is 2. The number of nitrogens with zero attached hydrogens (tertiary/aromatic N) is 4. The molecule has 0 aromatic carbocycles. The summed E-state index contributed by atoms with van der Waals surface area (Å²) in [6, 6.07) is 9.14. The molecule has 0 aliphatic carbocycles. The van der Waals surface area contributed by atoms with Crippen LogP contribution in [0.2, 0.25) is 0 Å². The first-order chi connectivity index (χ1) is 16.6. The molecule has 9 nitrogen and oxygen atoms in total. The van der Waals surface area contributed by atoms with E-state index in [1.165, 1.54) is 14.2 Å². The van der Waals surface area contributed by atoms with Gasteiger partial charge in [-0.15, -0.1) is 0 Å². The summed E-state index contributed by atoms with van der Waals surface area (Å²) in [5, 5.41) is 0. The Morgan fingerprint density at radius 2 is 1.31 bits per heavy atom. The number of hydrogen-bond acceptors (Lipinski definition) is 9. The number of carbonyl (C=O) groups excluding carboxylic acids is 3. The Bertz CT molecular complexity index is 1040. The van der Waals surface area contributed by atoms with Gasteiger partial charge in [-0.3, -0.25) is 34.2 Å². The first kappa shape index (κ1) is 24.9. The molecule has 2 aliphatic heterocycles. The zero-order chi connectivity index (χ0) is 25.6. The van der Waals surface area contributed by atoms with Crippen LogP contribution in [0.25, 0.3) is 0 Å². The lowest BCUT2D eigenvalue weighted by molar-refractivity contribution is -0.207. The Balaban J connectivity index is 2.11. The van der Waals surface area contributed by atoms with Crippen molar-refractivity contribution in [2.24, 2.45) is 10.8 Å². The van der Waals surface area contributed by atoms with E-state index in [1.807, 2.05) is 42.7 Å². The molecule has 4 heterocycles. The third kappa shape index (κ3) is 3.56. The lowest BCUT2D eigenvalue weighted by Crippen LogP contribution is -2.77. The second-order valence-electron chi connectivity index (χ2n) is 10.3. The maximum absolute atomic E-state index is 14.7. The van der Waals surface area contributed by atoms with Crippen LogP contribution >= 0.6 is 0 Å². The second-order valence-corrected chi connectivity index (χ2v) is 10.3. The molecule has 4 rings (SSSR count). The fraction of sp³-hybridized carbons (Fsp3) is 0.500. The second kappa shape index (κ2) is 8.80. The molecule has 35 heavy (non-hydrogen) atoms. The topological polar surface area (TPSA) is 102 Å². The van der Waals surface area contributed by atoms with Crippen molar-refractivity contribution in [3.05, 3.63) is 60.2 Å². The number of ether oxygens (including phenoxy) is 2. The van der Waals surface area contributed by atoms with Gasteiger partial charge in [0.15, 0.2) is 16.6 Å². The first-order valence-corrected chi connectivity index (χ1v) is 11.6. The third-order valence-corrected chi connectivity index (χ3v) is 7.42. The van der Waals surface area contributed by atoms with E-state index in [9.17, 15) is 14.4 Å². The zero-order valence-corrected chi connectivity index (χ0v) is 21.0. The normalized spacial score (nSPS) is 29.5. The number of rotatable bonds is 4. The fourth-order valence-corrected chi connectivity index (χ4v) is 5.84. The standard InChI is InChI=1S/C26H32N4O5/c1-24(2,3)30-15-25(22(32)34-5)19(17-11-7-9-13-27-17)29(4)20(18-12-8-10-14-28-18)26(16-30,21(25)31)23(33)35-6/h7-14,19-20H,15-16H2,1-6H3. The molecule has 0 N–H and O–H groups in total. The molecule has 2 bridgehead atoms. The van der Waals surface area contributed by atoms with Gasteiger partial charge in [-0.2, -0.15) is 0 Å². The number of fused-ring (bicyclic) bond motifs is 2. The summed E-state index contributed by atoms with van der Waals surface area (Å²) in [4.78, 5) is 55.1. The minimum atomic E-state index is -1.72. The molecule has 2 saturated heterocycles. The van der Waals surface area contributed by atoms with E-state index in [2.05, 4.69) is 9.97 Å². The van der Waals surface area contributed by atoms with Crippen LogP contribution in [0.4, 0.5) is 0 Å². The molecule has 4 atom stereocenters. The van der Waals surface area contributed by atoms with E-state index in [1.54, 1.807) is 43.7 Å². The number of pyridine rings is 2. The molecular weight excluding hydrogens is 448 g/mol. The highest BCUT2D eigenvalue weighted by atomic mass is 16.5. The van der Waals surface area contributed by atoms with Crippen molar-refractivity contribution in [3.8, 4) is 0 Å². The number of aromatic nitrogens is 2. The van der Waals surface area contributed by atoms with E-state index in [4.69, 9.17) is 9.47 Å². The van der Waals surface area contributed by atoms with Crippen LogP contribution < -0.4 is 0 Å². The number of ketones is 1. The highest BCUT2D eigenvalue weighted by Crippen LogP contribution is 2.60. The van der Waals surface area contributed by atoms with Crippen molar-refractivity contribution in [1.29, 1.82) is 0 Å². The molecule has 0 saturated carbocycles. The van der Waals surface area contributed by atoms with E-state index < -0.39 is 46.2 Å². The highest BCUT2D eigenvalue weighted by Gasteiger charge is 2.75. The molecule has 0 radical (unpaired) electrons. The summed E-state index contributed by atoms with van der Waals surface area (Å²) in [5.41, 5.74) is -2.85. The van der Waals surface area contributed by atoms with Crippen molar-refractivity contribution >= 4 is 17.7 Å². The highest BCUT2D eigenvalue weighted by molar-refractivity contribution is 6.17. The van der Waals surface area contributed by atoms with Crippen LogP contribution in [0.1, 0.15) is 44.2 Å². The van der Waals surface area contributed by atoms with E-state index in [0.29, 0.717) is 11.4 Å². The molecule has 0 amide bonds. The van der Waals surface area contributed by atoms with Crippen LogP contribution in [-0.4, -0.2) is 77.4 Å². The van der Waals surface area contributed by atoms with Crippen LogP contribution in [-0.2, 0) is 23.9 Å². The molecular formula is C26H32N4O5. The van der Waals surface area contributed by atoms with Crippen molar-refractivity contribution in [3.63, 3.8) is 0 Å². The largest absolute Gasteiger partial charge is 0.468 e. The van der Waals surface area contributed by atoms with Crippen molar-refractivity contribution < 1.29 is 23.9 Å². The zero-order valence-electron chi connectivity index (χ0n) is 21.0. The average Bonchev–Trinajstić information content (AvgIpc) is 2.84. The number of methoxy groups -OCH3 is 2. The summed E-state index contributed by atoms with van der Waals surface area (Å²) in [5.74, 6) is -1.92. The van der Waals surface area contributed by atoms with Crippen LogP contribution in [0.5, 0.6) is 0 Å². The number of hydrogen-bond donors (Lipinski definition) is 0. The first-order valence-electron chi connectivity index (χ1n) is 11.6. The van der Waals surface area contributed by atoms with Crippen molar-refractivity contribution in [2.75, 3.05) is 34.4 Å². The molecule has 2 aromatic rings. The van der Waals surface area contributed by atoms with Gasteiger partial charge in [0.2, 0.25) is 0 Å². The van der Waals surface area contributed by atoms with Crippen molar-refractivity contribution in [2.45, 2.75) is 38.4 Å². The molecule has 2 fully saturated rings. The van der Waals surface area contributed by atoms with Crippen LogP contribution in [0.3, 0.4) is 0 Å². The van der Waals surface area contributed by atoms with Gasteiger partial charge in [-0.1, -0.05) is 12.1 Å². The number of esters is 2. The van der Waals surface area contributed by atoms with E-state index in [0.717, 1.165) is 0 Å². The fourth-order valence-electron chi connectivity index (χ4n) is 5.84. The number of piperidine rings is 2. The Hall–Kier alpha value is -3.17. The summed E-state index contributed by atoms with van der Waals surface area (Å²) in [7, 11) is 4.33. The quantitative estimate of drug-likeness (QED) is 0.481. The Morgan fingerprint density at radius 1 is 0.886 bits per heavy atom. The number of Topliss-reactive ketones (excluding diaryl/α,β-unsaturated/α-hetero) is 1. The van der Waals surface area contributed by atoms with Crippen LogP contribution in [0, 0.1) is 10.8 Å². The Kier molecular flexibility index (Phi) is 6.27.